The highest BCUT2D eigenvalue weighted by Crippen LogP contribution is 2.24. The van der Waals surface area contributed by atoms with Gasteiger partial charge in [-0.2, -0.15) is 0 Å². The number of rotatable bonds is 5. The van der Waals surface area contributed by atoms with E-state index in [0.717, 1.165) is 18.7 Å². The zero-order chi connectivity index (χ0) is 13.8. The fourth-order valence-corrected chi connectivity index (χ4v) is 3.34. The lowest BCUT2D eigenvalue weighted by atomic mass is 10.1. The molecule has 0 atom stereocenters. The number of fused-ring (bicyclic) bond motifs is 1. The molecule has 1 aliphatic rings. The van der Waals surface area contributed by atoms with Gasteiger partial charge < -0.3 is 10.6 Å². The summed E-state index contributed by atoms with van der Waals surface area (Å²) in [6, 6.07) is 10.4. The van der Waals surface area contributed by atoms with Crippen LogP contribution < -0.4 is 10.6 Å². The van der Waals surface area contributed by atoms with Gasteiger partial charge in [0.05, 0.1) is 4.88 Å². The molecule has 0 unspecified atom stereocenters. The first-order valence-electron chi connectivity index (χ1n) is 7.07. The van der Waals surface area contributed by atoms with Gasteiger partial charge >= 0.3 is 0 Å². The summed E-state index contributed by atoms with van der Waals surface area (Å²) in [5.74, 6) is 0.0690. The van der Waals surface area contributed by atoms with Crippen molar-refractivity contribution in [1.29, 1.82) is 0 Å². The van der Waals surface area contributed by atoms with Crippen molar-refractivity contribution in [2.24, 2.45) is 0 Å². The van der Waals surface area contributed by atoms with E-state index in [1.165, 1.54) is 28.8 Å². The van der Waals surface area contributed by atoms with E-state index in [0.29, 0.717) is 6.54 Å². The zero-order valence-electron chi connectivity index (χ0n) is 11.4. The highest BCUT2D eigenvalue weighted by molar-refractivity contribution is 7.09. The van der Waals surface area contributed by atoms with Crippen molar-refractivity contribution in [3.05, 3.63) is 51.7 Å². The fourth-order valence-electron chi connectivity index (χ4n) is 2.64. The molecule has 3 N–H and O–H groups in total. The number of nitrogens with two attached hydrogens (primary N) is 1. The highest BCUT2D eigenvalue weighted by Gasteiger charge is 2.12. The van der Waals surface area contributed by atoms with Gasteiger partial charge in [-0.3, -0.25) is 4.79 Å². The first-order valence-corrected chi connectivity index (χ1v) is 7.95. The molecule has 3 rings (SSSR count). The third-order valence-electron chi connectivity index (χ3n) is 3.64. The number of carbonyl (C=O) groups is 1. The molecule has 0 saturated carbocycles. The Kier molecular flexibility index (Phi) is 4.14. The number of anilines is 1. The average Bonchev–Trinajstić information content (AvgIpc) is 3.08. The summed E-state index contributed by atoms with van der Waals surface area (Å²) in [5.41, 5.74) is 3.76. The minimum absolute atomic E-state index is 0.0690. The maximum Gasteiger partial charge on any atom is 0.279 e. The Morgan fingerprint density at radius 2 is 2.15 bits per heavy atom. The molecule has 4 heteroatoms. The number of benzene rings is 1. The Bertz CT molecular complexity index is 593. The summed E-state index contributed by atoms with van der Waals surface area (Å²) < 4.78 is 0. The zero-order valence-corrected chi connectivity index (χ0v) is 12.2. The molecule has 0 saturated heterocycles. The minimum atomic E-state index is 0.0690. The first kappa shape index (κ1) is 13.3. The van der Waals surface area contributed by atoms with Crippen LogP contribution in [0.1, 0.15) is 22.4 Å². The molecule has 3 nitrogen and oxygen atoms in total. The number of aryl methyl sites for hydroxylation is 2. The van der Waals surface area contributed by atoms with Gasteiger partial charge in [0.15, 0.2) is 6.54 Å². The molecule has 1 heterocycles. The smallest absolute Gasteiger partial charge is 0.279 e. The number of hydrogen-bond acceptors (Lipinski definition) is 2. The number of amides is 1. The van der Waals surface area contributed by atoms with Crippen molar-refractivity contribution in [1.82, 2.24) is 0 Å². The van der Waals surface area contributed by atoms with Crippen molar-refractivity contribution < 1.29 is 10.1 Å². The van der Waals surface area contributed by atoms with Gasteiger partial charge in [-0.05, 0) is 54.0 Å². The molecular formula is C16H19N2OS+. The molecule has 0 bridgehead atoms. The summed E-state index contributed by atoms with van der Waals surface area (Å²) >= 11 is 1.73. The van der Waals surface area contributed by atoms with E-state index in [4.69, 9.17) is 0 Å². The lowest BCUT2D eigenvalue weighted by Crippen LogP contribution is -2.84. The van der Waals surface area contributed by atoms with Crippen LogP contribution in [0.3, 0.4) is 0 Å². The molecule has 0 aliphatic heterocycles. The van der Waals surface area contributed by atoms with Crippen LogP contribution in [0.2, 0.25) is 0 Å². The predicted molar refractivity (Wildman–Crippen MR) is 81.9 cm³/mol. The third-order valence-corrected chi connectivity index (χ3v) is 4.54. The van der Waals surface area contributed by atoms with Gasteiger partial charge in [0.1, 0.15) is 6.54 Å². The highest BCUT2D eigenvalue weighted by atomic mass is 32.1. The normalized spacial score (nSPS) is 13.2. The van der Waals surface area contributed by atoms with Crippen LogP contribution in [0.25, 0.3) is 0 Å². The van der Waals surface area contributed by atoms with E-state index in [2.05, 4.69) is 28.9 Å². The molecule has 1 aromatic heterocycles. The molecular weight excluding hydrogens is 268 g/mol. The van der Waals surface area contributed by atoms with Gasteiger partial charge in [0, 0.05) is 5.69 Å². The molecule has 1 aliphatic carbocycles. The van der Waals surface area contributed by atoms with Crippen LogP contribution in [-0.4, -0.2) is 12.5 Å². The fraction of sp³-hybridized carbons (Fsp3) is 0.312. The summed E-state index contributed by atoms with van der Waals surface area (Å²) in [7, 11) is 0. The molecule has 1 amide bonds. The Balaban J connectivity index is 1.49. The van der Waals surface area contributed by atoms with E-state index < -0.39 is 0 Å². The lowest BCUT2D eigenvalue weighted by molar-refractivity contribution is -0.659. The second-order valence-corrected chi connectivity index (χ2v) is 6.19. The van der Waals surface area contributed by atoms with E-state index in [1.54, 1.807) is 11.3 Å². The monoisotopic (exact) mass is 287 g/mol. The van der Waals surface area contributed by atoms with Gasteiger partial charge in [-0.25, -0.2) is 0 Å². The van der Waals surface area contributed by atoms with Crippen molar-refractivity contribution in [3.8, 4) is 0 Å². The predicted octanol–water partition coefficient (Wildman–Crippen LogP) is 1.94. The topological polar surface area (TPSA) is 45.7 Å². The quantitative estimate of drug-likeness (QED) is 0.867. The number of thiophene rings is 1. The van der Waals surface area contributed by atoms with Gasteiger partial charge in [0.2, 0.25) is 0 Å². The van der Waals surface area contributed by atoms with Crippen LogP contribution in [0.15, 0.2) is 35.7 Å². The Morgan fingerprint density at radius 3 is 3.00 bits per heavy atom. The summed E-state index contributed by atoms with van der Waals surface area (Å²) in [5, 5.41) is 7.08. The van der Waals surface area contributed by atoms with Crippen molar-refractivity contribution in [2.45, 2.75) is 25.8 Å². The molecule has 2 aromatic rings. The number of quaternary nitrogens is 1. The van der Waals surface area contributed by atoms with Gasteiger partial charge in [-0.15, -0.1) is 11.3 Å². The second-order valence-electron chi connectivity index (χ2n) is 5.16. The van der Waals surface area contributed by atoms with Gasteiger partial charge in [0.25, 0.3) is 5.91 Å². The van der Waals surface area contributed by atoms with Crippen LogP contribution in [-0.2, 0) is 24.2 Å². The first-order chi connectivity index (χ1) is 9.81. The summed E-state index contributed by atoms with van der Waals surface area (Å²) in [6.07, 6.45) is 3.56. The maximum atomic E-state index is 11.9. The molecule has 0 spiro atoms. The van der Waals surface area contributed by atoms with Crippen LogP contribution >= 0.6 is 11.3 Å². The third kappa shape index (κ3) is 3.26. The van der Waals surface area contributed by atoms with Crippen LogP contribution in [0.5, 0.6) is 0 Å². The van der Waals surface area contributed by atoms with E-state index in [1.807, 2.05) is 17.4 Å². The number of hydrogen-bond donors (Lipinski definition) is 2. The second kappa shape index (κ2) is 6.20. The van der Waals surface area contributed by atoms with Crippen LogP contribution in [0.4, 0.5) is 5.69 Å². The van der Waals surface area contributed by atoms with E-state index >= 15 is 0 Å². The molecule has 1 aromatic carbocycles. The van der Waals surface area contributed by atoms with E-state index in [-0.39, 0.29) is 5.91 Å². The van der Waals surface area contributed by atoms with Crippen molar-refractivity contribution >= 4 is 22.9 Å². The van der Waals surface area contributed by atoms with Crippen molar-refractivity contribution in [2.75, 3.05) is 11.9 Å². The standard InChI is InChI=1S/C16H18N2OS/c19-16(11-17-10-15-5-2-8-20-15)18-14-7-6-12-3-1-4-13(12)9-14/h2,5-9,17H,1,3-4,10-11H2,(H,18,19)/p+1. The molecule has 104 valence electrons. The van der Waals surface area contributed by atoms with Gasteiger partial charge in [-0.1, -0.05) is 12.1 Å². The number of carbonyl (C=O) groups excluding carboxylic acids is 1. The summed E-state index contributed by atoms with van der Waals surface area (Å²) in [6.45, 7) is 1.34. The molecule has 20 heavy (non-hydrogen) atoms. The molecule has 0 fully saturated rings. The lowest BCUT2D eigenvalue weighted by Gasteiger charge is -2.06. The molecule has 0 radical (unpaired) electrons. The SMILES string of the molecule is O=C(C[NH2+]Cc1cccs1)Nc1ccc2c(c1)CCC2. The minimum Gasteiger partial charge on any atom is -0.334 e. The maximum absolute atomic E-state index is 11.9. The Labute approximate surface area is 123 Å². The average molecular weight is 287 g/mol. The van der Waals surface area contributed by atoms with E-state index in [9.17, 15) is 4.79 Å². The number of nitrogens with one attached hydrogen (secondary N) is 1. The van der Waals surface area contributed by atoms with Crippen molar-refractivity contribution in [3.63, 3.8) is 0 Å². The summed E-state index contributed by atoms with van der Waals surface area (Å²) in [4.78, 5) is 13.2. The van der Waals surface area contributed by atoms with Crippen LogP contribution in [0, 0.1) is 0 Å². The Morgan fingerprint density at radius 1 is 1.25 bits per heavy atom. The Hall–Kier alpha value is -1.65. The largest absolute Gasteiger partial charge is 0.334 e.